The third-order valence-corrected chi connectivity index (χ3v) is 7.73. The summed E-state index contributed by atoms with van der Waals surface area (Å²) in [6.45, 7) is 8.50. The van der Waals surface area contributed by atoms with Gasteiger partial charge in [0.25, 0.3) is 5.91 Å². The predicted octanol–water partition coefficient (Wildman–Crippen LogP) is 6.56. The maximum Gasteiger partial charge on any atom is 0.325 e. The van der Waals surface area contributed by atoms with E-state index in [0.717, 1.165) is 39.0 Å². The number of aromatic nitrogens is 1. The van der Waals surface area contributed by atoms with Gasteiger partial charge in [0.1, 0.15) is 6.04 Å². The molecule has 1 heterocycles. The second-order valence-corrected chi connectivity index (χ2v) is 10.6. The van der Waals surface area contributed by atoms with E-state index in [9.17, 15) is 14.7 Å². The first kappa shape index (κ1) is 25.6. The highest BCUT2D eigenvalue weighted by Gasteiger charge is 2.24. The summed E-state index contributed by atoms with van der Waals surface area (Å²) < 4.78 is 2.25. The van der Waals surface area contributed by atoms with Crippen LogP contribution >= 0.6 is 0 Å². The largest absolute Gasteiger partial charge is 0.480 e. The molecule has 5 rings (SSSR count). The second kappa shape index (κ2) is 10.4. The standard InChI is InChI=1S/C32H35N3O3/c1-19-22(4)35(18-23-7-5-10-28(15-23)33-21(3)32(37)38)30-14-13-27(17-29(19)30)31(36)34-20(2)25-8-6-9-26(16-25)24-11-12-24/h5-10,13-17,20-21,24,33H,11-12,18H2,1-4H3,(H,34,36)(H,37,38)/t20-,21-/m0/s1. The Balaban J connectivity index is 1.35. The molecule has 2 atom stereocenters. The molecule has 1 saturated carbocycles. The van der Waals surface area contributed by atoms with Gasteiger partial charge in [0, 0.05) is 34.4 Å². The average Bonchev–Trinajstić information content (AvgIpc) is 3.73. The number of carbonyl (C=O) groups excluding carboxylic acids is 1. The van der Waals surface area contributed by atoms with Gasteiger partial charge < -0.3 is 20.3 Å². The van der Waals surface area contributed by atoms with Crippen LogP contribution in [0.25, 0.3) is 10.9 Å². The quantitative estimate of drug-likeness (QED) is 0.239. The van der Waals surface area contributed by atoms with Crippen LogP contribution in [0.3, 0.4) is 0 Å². The van der Waals surface area contributed by atoms with E-state index in [0.29, 0.717) is 18.0 Å². The fraction of sp³-hybridized carbons (Fsp3) is 0.312. The molecule has 1 aliphatic carbocycles. The van der Waals surface area contributed by atoms with Gasteiger partial charge in [0.2, 0.25) is 0 Å². The summed E-state index contributed by atoms with van der Waals surface area (Å²) in [6.07, 6.45) is 2.52. The number of benzene rings is 3. The maximum absolute atomic E-state index is 13.2. The van der Waals surface area contributed by atoms with Crippen LogP contribution in [-0.4, -0.2) is 27.6 Å². The van der Waals surface area contributed by atoms with E-state index in [2.05, 4.69) is 53.3 Å². The highest BCUT2D eigenvalue weighted by molar-refractivity contribution is 5.99. The molecule has 0 bridgehead atoms. The molecule has 1 aromatic heterocycles. The zero-order chi connectivity index (χ0) is 27.0. The van der Waals surface area contributed by atoms with Gasteiger partial charge >= 0.3 is 5.97 Å². The molecule has 0 unspecified atom stereocenters. The highest BCUT2D eigenvalue weighted by atomic mass is 16.4. The summed E-state index contributed by atoms with van der Waals surface area (Å²) in [5.41, 5.74) is 8.35. The molecule has 0 radical (unpaired) electrons. The van der Waals surface area contributed by atoms with Gasteiger partial charge in [-0.1, -0.05) is 36.4 Å². The lowest BCUT2D eigenvalue weighted by atomic mass is 10.0. The summed E-state index contributed by atoms with van der Waals surface area (Å²) in [4.78, 5) is 24.4. The van der Waals surface area contributed by atoms with Gasteiger partial charge in [0.05, 0.1) is 6.04 Å². The molecule has 0 aliphatic heterocycles. The van der Waals surface area contributed by atoms with Crippen LogP contribution in [0.4, 0.5) is 5.69 Å². The van der Waals surface area contributed by atoms with Crippen LogP contribution in [0.1, 0.15) is 77.0 Å². The number of nitrogens with zero attached hydrogens (tertiary/aromatic N) is 1. The van der Waals surface area contributed by atoms with Crippen molar-refractivity contribution < 1.29 is 14.7 Å². The molecule has 6 nitrogen and oxygen atoms in total. The third-order valence-electron chi connectivity index (χ3n) is 7.73. The van der Waals surface area contributed by atoms with Gasteiger partial charge in [-0.3, -0.25) is 9.59 Å². The average molecular weight is 510 g/mol. The summed E-state index contributed by atoms with van der Waals surface area (Å²) in [5, 5.41) is 16.5. The molecule has 1 amide bonds. The molecule has 4 aromatic rings. The number of carbonyl (C=O) groups is 2. The number of carboxylic acids is 1. The normalized spacial score (nSPS) is 14.7. The minimum absolute atomic E-state index is 0.0749. The third kappa shape index (κ3) is 5.30. The fourth-order valence-corrected chi connectivity index (χ4v) is 5.11. The predicted molar refractivity (Wildman–Crippen MR) is 152 cm³/mol. The minimum Gasteiger partial charge on any atom is -0.480 e. The molecule has 1 fully saturated rings. The van der Waals surface area contributed by atoms with Crippen LogP contribution in [0, 0.1) is 13.8 Å². The molecule has 0 spiro atoms. The number of rotatable bonds is 9. The van der Waals surface area contributed by atoms with Gasteiger partial charge in [-0.05, 0) is 99.0 Å². The van der Waals surface area contributed by atoms with E-state index >= 15 is 0 Å². The molecular weight excluding hydrogens is 474 g/mol. The highest BCUT2D eigenvalue weighted by Crippen LogP contribution is 2.40. The Morgan fingerprint density at radius 3 is 2.50 bits per heavy atom. The van der Waals surface area contributed by atoms with Crippen molar-refractivity contribution in [3.63, 3.8) is 0 Å². The first-order chi connectivity index (χ1) is 18.2. The number of hydrogen-bond acceptors (Lipinski definition) is 3. The molecule has 6 heteroatoms. The van der Waals surface area contributed by atoms with Crippen molar-refractivity contribution in [2.24, 2.45) is 0 Å². The van der Waals surface area contributed by atoms with Gasteiger partial charge in [-0.15, -0.1) is 0 Å². The van der Waals surface area contributed by atoms with Gasteiger partial charge in [0.15, 0.2) is 0 Å². The Morgan fingerprint density at radius 1 is 1.00 bits per heavy atom. The van der Waals surface area contributed by atoms with E-state index in [1.54, 1.807) is 6.92 Å². The summed E-state index contributed by atoms with van der Waals surface area (Å²) in [7, 11) is 0. The van der Waals surface area contributed by atoms with Crippen LogP contribution in [0.5, 0.6) is 0 Å². The van der Waals surface area contributed by atoms with Gasteiger partial charge in [-0.2, -0.15) is 0 Å². The van der Waals surface area contributed by atoms with Crippen molar-refractivity contribution in [1.82, 2.24) is 9.88 Å². The van der Waals surface area contributed by atoms with Crippen molar-refractivity contribution >= 4 is 28.5 Å². The van der Waals surface area contributed by atoms with Crippen molar-refractivity contribution in [2.45, 2.75) is 65.1 Å². The van der Waals surface area contributed by atoms with E-state index in [-0.39, 0.29) is 11.9 Å². The number of aryl methyl sites for hydroxylation is 1. The Hall–Kier alpha value is -4.06. The van der Waals surface area contributed by atoms with Crippen molar-refractivity contribution in [3.8, 4) is 0 Å². The molecule has 3 N–H and O–H groups in total. The van der Waals surface area contributed by atoms with Crippen LogP contribution in [-0.2, 0) is 11.3 Å². The SMILES string of the molecule is Cc1c(C)n(Cc2cccc(N[C@@H](C)C(=O)O)c2)c2ccc(C(=O)N[C@@H](C)c3cccc(C4CC4)c3)cc12. The summed E-state index contributed by atoms with van der Waals surface area (Å²) in [6, 6.07) is 21.6. The molecule has 0 saturated heterocycles. The van der Waals surface area contributed by atoms with Crippen LogP contribution < -0.4 is 10.6 Å². The Morgan fingerprint density at radius 2 is 1.76 bits per heavy atom. The number of hydrogen-bond donors (Lipinski definition) is 3. The fourth-order valence-electron chi connectivity index (χ4n) is 5.11. The number of aliphatic carboxylic acids is 1. The van der Waals surface area contributed by atoms with Gasteiger partial charge in [-0.25, -0.2) is 0 Å². The number of amides is 1. The Labute approximate surface area is 223 Å². The maximum atomic E-state index is 13.2. The molecule has 1 aliphatic rings. The van der Waals surface area contributed by atoms with E-state index in [1.807, 2.05) is 49.4 Å². The lowest BCUT2D eigenvalue weighted by Crippen LogP contribution is -2.26. The van der Waals surface area contributed by atoms with Crippen molar-refractivity contribution in [3.05, 3.63) is 100 Å². The monoisotopic (exact) mass is 509 g/mol. The first-order valence-corrected chi connectivity index (χ1v) is 13.3. The Bertz CT molecular complexity index is 1520. The lowest BCUT2D eigenvalue weighted by molar-refractivity contribution is -0.137. The zero-order valence-electron chi connectivity index (χ0n) is 22.4. The van der Waals surface area contributed by atoms with Crippen molar-refractivity contribution in [2.75, 3.05) is 5.32 Å². The number of carboxylic acid groups (broad SMARTS) is 1. The smallest absolute Gasteiger partial charge is 0.325 e. The molecule has 3 aromatic carbocycles. The topological polar surface area (TPSA) is 83.4 Å². The second-order valence-electron chi connectivity index (χ2n) is 10.6. The number of fused-ring (bicyclic) bond motifs is 1. The summed E-state index contributed by atoms with van der Waals surface area (Å²) >= 11 is 0. The van der Waals surface area contributed by atoms with E-state index in [4.69, 9.17) is 0 Å². The Kier molecular flexibility index (Phi) is 6.98. The minimum atomic E-state index is -0.890. The van der Waals surface area contributed by atoms with Crippen molar-refractivity contribution in [1.29, 1.82) is 0 Å². The number of anilines is 1. The van der Waals surface area contributed by atoms with Crippen LogP contribution in [0.15, 0.2) is 66.7 Å². The van der Waals surface area contributed by atoms with Crippen LogP contribution in [0.2, 0.25) is 0 Å². The summed E-state index contributed by atoms with van der Waals surface area (Å²) in [5.74, 6) is -0.283. The van der Waals surface area contributed by atoms with E-state index in [1.165, 1.54) is 18.4 Å². The zero-order valence-corrected chi connectivity index (χ0v) is 22.4. The first-order valence-electron chi connectivity index (χ1n) is 13.3. The molecule has 196 valence electrons. The molecule has 38 heavy (non-hydrogen) atoms. The molecular formula is C32H35N3O3. The lowest BCUT2D eigenvalue weighted by Gasteiger charge is -2.16. The number of nitrogens with one attached hydrogen (secondary N) is 2. The van der Waals surface area contributed by atoms with E-state index < -0.39 is 12.0 Å².